The molecule has 0 saturated carbocycles. The molecule has 1 fully saturated rings. The van der Waals surface area contributed by atoms with Gasteiger partial charge in [-0.25, -0.2) is 4.98 Å². The SMILES string of the molecule is Nc1nc2c(nc(SCC=Cc3ccccc3)n2C2OC(CO)C(O)C2O)c(=O)[nH]1. The fourth-order valence-electron chi connectivity index (χ4n) is 3.28. The number of aromatic nitrogens is 4. The number of H-pyrrole nitrogens is 1. The second-order valence-electron chi connectivity index (χ2n) is 6.74. The van der Waals surface area contributed by atoms with E-state index in [0.717, 1.165) is 5.56 Å². The average Bonchev–Trinajstić information content (AvgIpc) is 3.23. The lowest BCUT2D eigenvalue weighted by Gasteiger charge is -2.18. The molecule has 1 aliphatic rings. The Kier molecular flexibility index (Phi) is 5.88. The van der Waals surface area contributed by atoms with Crippen molar-refractivity contribution >= 4 is 35.0 Å². The number of nitrogen functional groups attached to an aromatic ring is 1. The molecule has 3 aromatic rings. The fraction of sp³-hybridized carbons (Fsp3) is 0.316. The number of rotatable bonds is 6. The third-order valence-corrected chi connectivity index (χ3v) is 5.63. The Hall–Kier alpha value is -2.70. The number of nitrogens with two attached hydrogens (primary N) is 1. The van der Waals surface area contributed by atoms with E-state index >= 15 is 0 Å². The highest BCUT2D eigenvalue weighted by Gasteiger charge is 2.45. The predicted molar refractivity (Wildman–Crippen MR) is 112 cm³/mol. The van der Waals surface area contributed by atoms with Crippen molar-refractivity contribution < 1.29 is 20.1 Å². The summed E-state index contributed by atoms with van der Waals surface area (Å²) in [5.41, 5.74) is 6.37. The van der Waals surface area contributed by atoms with Gasteiger partial charge in [0, 0.05) is 5.75 Å². The van der Waals surface area contributed by atoms with Crippen LogP contribution in [-0.2, 0) is 4.74 Å². The van der Waals surface area contributed by atoms with Crippen LogP contribution in [0, 0.1) is 0 Å². The number of thioether (sulfide) groups is 1. The largest absolute Gasteiger partial charge is 0.394 e. The number of hydrogen-bond donors (Lipinski definition) is 5. The van der Waals surface area contributed by atoms with Crippen LogP contribution in [0.25, 0.3) is 17.2 Å². The Morgan fingerprint density at radius 2 is 2.00 bits per heavy atom. The second kappa shape index (κ2) is 8.58. The second-order valence-corrected chi connectivity index (χ2v) is 7.73. The number of aliphatic hydroxyl groups is 3. The number of nitrogens with one attached hydrogen (secondary N) is 1. The summed E-state index contributed by atoms with van der Waals surface area (Å²) in [6.07, 6.45) is -0.814. The van der Waals surface area contributed by atoms with Gasteiger partial charge in [0.2, 0.25) is 5.95 Å². The summed E-state index contributed by atoms with van der Waals surface area (Å²) < 4.78 is 7.07. The Morgan fingerprint density at radius 3 is 2.70 bits per heavy atom. The van der Waals surface area contributed by atoms with E-state index in [1.165, 1.54) is 16.3 Å². The molecule has 11 heteroatoms. The Morgan fingerprint density at radius 1 is 1.23 bits per heavy atom. The van der Waals surface area contributed by atoms with Gasteiger partial charge in [0.15, 0.2) is 22.5 Å². The maximum Gasteiger partial charge on any atom is 0.280 e. The van der Waals surface area contributed by atoms with Crippen LogP contribution >= 0.6 is 11.8 Å². The smallest absolute Gasteiger partial charge is 0.280 e. The Balaban J connectivity index is 1.68. The third-order valence-electron chi connectivity index (χ3n) is 4.73. The highest BCUT2D eigenvalue weighted by Crippen LogP contribution is 2.35. The summed E-state index contributed by atoms with van der Waals surface area (Å²) in [5, 5.41) is 30.4. The van der Waals surface area contributed by atoms with E-state index in [1.54, 1.807) is 0 Å². The molecule has 0 spiro atoms. The van der Waals surface area contributed by atoms with Gasteiger partial charge in [0.25, 0.3) is 5.56 Å². The number of aliphatic hydroxyl groups excluding tert-OH is 3. The standard InChI is InChI=1S/C19H21N5O5S/c20-18-22-15-12(16(28)23-18)21-19(30-8-4-7-10-5-2-1-3-6-10)24(15)17-14(27)13(26)11(9-25)29-17/h1-7,11,13-14,17,25-27H,8-9H2,(H3,20,22,23,28). The van der Waals surface area contributed by atoms with Crippen LogP contribution in [0.3, 0.4) is 0 Å². The third kappa shape index (κ3) is 3.85. The van der Waals surface area contributed by atoms with Crippen molar-refractivity contribution in [3.63, 3.8) is 0 Å². The van der Waals surface area contributed by atoms with E-state index in [1.807, 2.05) is 42.5 Å². The van der Waals surface area contributed by atoms with Gasteiger partial charge in [-0.15, -0.1) is 0 Å². The van der Waals surface area contributed by atoms with Crippen LogP contribution in [-0.4, -0.2) is 65.5 Å². The lowest BCUT2D eigenvalue weighted by atomic mass is 10.1. The maximum atomic E-state index is 12.3. The highest BCUT2D eigenvalue weighted by molar-refractivity contribution is 7.99. The molecule has 158 valence electrons. The minimum absolute atomic E-state index is 0.0384. The Bertz CT molecular complexity index is 1120. The maximum absolute atomic E-state index is 12.3. The zero-order valence-corrected chi connectivity index (χ0v) is 16.6. The first-order chi connectivity index (χ1) is 14.5. The molecule has 10 nitrogen and oxygen atoms in total. The van der Waals surface area contributed by atoms with Crippen molar-refractivity contribution in [2.45, 2.75) is 29.7 Å². The highest BCUT2D eigenvalue weighted by atomic mass is 32.2. The summed E-state index contributed by atoms with van der Waals surface area (Å²) >= 11 is 1.30. The number of benzene rings is 1. The van der Waals surface area contributed by atoms with Gasteiger partial charge < -0.3 is 25.8 Å². The topological polar surface area (TPSA) is 160 Å². The molecule has 4 atom stereocenters. The van der Waals surface area contributed by atoms with E-state index in [2.05, 4.69) is 15.0 Å². The number of aromatic amines is 1. The molecular formula is C19H21N5O5S. The number of imidazole rings is 1. The summed E-state index contributed by atoms with van der Waals surface area (Å²) in [6, 6.07) is 9.77. The zero-order chi connectivity index (χ0) is 21.3. The molecule has 4 rings (SSSR count). The molecule has 1 aromatic carbocycles. The molecule has 2 aromatic heterocycles. The van der Waals surface area contributed by atoms with Gasteiger partial charge in [-0.1, -0.05) is 54.2 Å². The van der Waals surface area contributed by atoms with Crippen LogP contribution in [0.2, 0.25) is 0 Å². The van der Waals surface area contributed by atoms with E-state index < -0.39 is 36.7 Å². The van der Waals surface area contributed by atoms with Crippen molar-refractivity contribution in [1.82, 2.24) is 19.5 Å². The Labute approximate surface area is 175 Å². The van der Waals surface area contributed by atoms with Crippen molar-refractivity contribution in [1.29, 1.82) is 0 Å². The molecule has 30 heavy (non-hydrogen) atoms. The van der Waals surface area contributed by atoms with E-state index in [4.69, 9.17) is 10.5 Å². The molecule has 0 amide bonds. The molecule has 1 aliphatic heterocycles. The zero-order valence-electron chi connectivity index (χ0n) is 15.8. The minimum atomic E-state index is -1.35. The van der Waals surface area contributed by atoms with Crippen LogP contribution in [0.4, 0.5) is 5.95 Å². The normalized spacial score (nSPS) is 24.2. The van der Waals surface area contributed by atoms with Crippen molar-refractivity contribution in [2.24, 2.45) is 0 Å². The van der Waals surface area contributed by atoms with E-state index in [-0.39, 0.29) is 17.1 Å². The minimum Gasteiger partial charge on any atom is -0.394 e. The van der Waals surface area contributed by atoms with Gasteiger partial charge in [-0.2, -0.15) is 4.98 Å². The molecule has 0 aliphatic carbocycles. The molecule has 3 heterocycles. The average molecular weight is 431 g/mol. The lowest BCUT2D eigenvalue weighted by Crippen LogP contribution is -2.33. The molecule has 4 unspecified atom stereocenters. The molecule has 6 N–H and O–H groups in total. The van der Waals surface area contributed by atoms with Gasteiger partial charge >= 0.3 is 0 Å². The van der Waals surface area contributed by atoms with E-state index in [0.29, 0.717) is 10.9 Å². The van der Waals surface area contributed by atoms with Crippen LogP contribution in [0.5, 0.6) is 0 Å². The molecular weight excluding hydrogens is 410 g/mol. The fourth-order valence-corrected chi connectivity index (χ4v) is 4.10. The number of ether oxygens (including phenoxy) is 1. The van der Waals surface area contributed by atoms with Crippen molar-refractivity contribution in [3.05, 3.63) is 52.3 Å². The summed E-state index contributed by atoms with van der Waals surface area (Å²) in [4.78, 5) is 23.2. The number of hydrogen-bond acceptors (Lipinski definition) is 9. The first-order valence-corrected chi connectivity index (χ1v) is 10.2. The molecule has 0 radical (unpaired) electrons. The van der Waals surface area contributed by atoms with Gasteiger partial charge in [0.1, 0.15) is 18.3 Å². The lowest BCUT2D eigenvalue weighted by molar-refractivity contribution is -0.0548. The van der Waals surface area contributed by atoms with Crippen molar-refractivity contribution in [3.8, 4) is 0 Å². The van der Waals surface area contributed by atoms with Crippen LogP contribution in [0.1, 0.15) is 11.8 Å². The molecule has 1 saturated heterocycles. The number of nitrogens with zero attached hydrogens (tertiary/aromatic N) is 3. The number of fused-ring (bicyclic) bond motifs is 1. The van der Waals surface area contributed by atoms with Crippen LogP contribution in [0.15, 0.2) is 46.4 Å². The van der Waals surface area contributed by atoms with Crippen molar-refractivity contribution in [2.75, 3.05) is 18.1 Å². The predicted octanol–water partition coefficient (Wildman–Crippen LogP) is 0.119. The monoisotopic (exact) mass is 431 g/mol. The summed E-state index contributed by atoms with van der Waals surface area (Å²) in [7, 11) is 0. The van der Waals surface area contributed by atoms with E-state index in [9.17, 15) is 20.1 Å². The number of anilines is 1. The molecule has 0 bridgehead atoms. The summed E-state index contributed by atoms with van der Waals surface area (Å²) in [5.74, 6) is 0.404. The first-order valence-electron chi connectivity index (χ1n) is 9.24. The summed E-state index contributed by atoms with van der Waals surface area (Å²) in [6.45, 7) is -0.472. The van der Waals surface area contributed by atoms with Crippen LogP contribution < -0.4 is 11.3 Å². The quantitative estimate of drug-likeness (QED) is 0.342. The van der Waals surface area contributed by atoms with Gasteiger partial charge in [-0.05, 0) is 5.56 Å². The van der Waals surface area contributed by atoms with Gasteiger partial charge in [-0.3, -0.25) is 14.3 Å². The first kappa shape index (κ1) is 20.6. The van der Waals surface area contributed by atoms with Gasteiger partial charge in [0.05, 0.1) is 6.61 Å².